The van der Waals surface area contributed by atoms with Gasteiger partial charge in [-0.3, -0.25) is 9.69 Å². The van der Waals surface area contributed by atoms with Crippen molar-refractivity contribution in [1.29, 1.82) is 0 Å². The molecule has 2 aromatic rings. The normalized spacial score (nSPS) is 16.0. The molecule has 1 aliphatic rings. The molecule has 0 aromatic heterocycles. The van der Waals surface area contributed by atoms with Gasteiger partial charge in [-0.25, -0.2) is 0 Å². The van der Waals surface area contributed by atoms with Gasteiger partial charge in [0.15, 0.2) is 0 Å². The topological polar surface area (TPSA) is 35.6 Å². The number of nitrogens with zero attached hydrogens (tertiary/aromatic N) is 2. The van der Waals surface area contributed by atoms with Crippen LogP contribution >= 0.6 is 11.6 Å². The van der Waals surface area contributed by atoms with Crippen LogP contribution in [0.2, 0.25) is 5.02 Å². The number of hydrogen-bond acceptors (Lipinski definition) is 3. The van der Waals surface area contributed by atoms with E-state index in [1.165, 1.54) is 11.1 Å². The summed E-state index contributed by atoms with van der Waals surface area (Å²) in [4.78, 5) is 17.9. The molecule has 0 unspecified atom stereocenters. The summed E-state index contributed by atoms with van der Waals surface area (Å²) in [6.45, 7) is 13.2. The summed E-state index contributed by atoms with van der Waals surface area (Å²) in [7, 11) is 0. The van der Waals surface area contributed by atoms with E-state index in [1.807, 2.05) is 44.2 Å². The minimum atomic E-state index is -0.615. The van der Waals surface area contributed by atoms with Gasteiger partial charge in [0.05, 0.1) is 5.41 Å². The molecule has 0 atom stereocenters. The molecule has 5 heteroatoms. The third-order valence-corrected chi connectivity index (χ3v) is 6.25. The summed E-state index contributed by atoms with van der Waals surface area (Å²) < 4.78 is 0. The van der Waals surface area contributed by atoms with E-state index >= 15 is 0 Å². The molecule has 1 saturated heterocycles. The average molecular weight is 414 g/mol. The van der Waals surface area contributed by atoms with E-state index < -0.39 is 5.41 Å². The summed E-state index contributed by atoms with van der Waals surface area (Å²) in [6.07, 6.45) is 0. The number of amides is 1. The fourth-order valence-corrected chi connectivity index (χ4v) is 3.91. The molecule has 29 heavy (non-hydrogen) atoms. The van der Waals surface area contributed by atoms with Gasteiger partial charge in [0.2, 0.25) is 5.91 Å². The number of carbonyl (C=O) groups is 1. The minimum Gasteiger partial charge on any atom is -0.351 e. The van der Waals surface area contributed by atoms with Crippen molar-refractivity contribution >= 4 is 17.5 Å². The third-order valence-electron chi connectivity index (χ3n) is 6.00. The van der Waals surface area contributed by atoms with Crippen LogP contribution in [0.4, 0.5) is 0 Å². The largest absolute Gasteiger partial charge is 0.351 e. The highest BCUT2D eigenvalue weighted by atomic mass is 35.5. The third kappa shape index (κ3) is 5.59. The monoisotopic (exact) mass is 413 g/mol. The molecular formula is C24H32ClN3O. The van der Waals surface area contributed by atoms with Gasteiger partial charge in [0, 0.05) is 44.3 Å². The zero-order chi connectivity index (χ0) is 20.9. The zero-order valence-electron chi connectivity index (χ0n) is 17.7. The Bertz CT molecular complexity index is 811. The van der Waals surface area contributed by atoms with Crippen molar-refractivity contribution in [2.75, 3.05) is 32.7 Å². The number of likely N-dealkylation sites (N-methyl/N-ethyl adjacent to an activating group) is 1. The molecule has 1 N–H and O–H groups in total. The molecule has 1 aliphatic heterocycles. The van der Waals surface area contributed by atoms with Crippen molar-refractivity contribution in [2.24, 2.45) is 0 Å². The molecule has 0 aliphatic carbocycles. The standard InChI is InChI=1S/C24H32ClN3O/c1-4-27-13-15-28(16-14-27)18-20-8-6-5-7-19(20)17-26-23(29)24(2,3)21-9-11-22(25)12-10-21/h5-12H,4,13-18H2,1-3H3,(H,26,29). The number of hydrogen-bond donors (Lipinski definition) is 1. The second kappa shape index (κ2) is 9.75. The Morgan fingerprint density at radius 3 is 2.17 bits per heavy atom. The van der Waals surface area contributed by atoms with Crippen LogP contribution in [0.1, 0.15) is 37.5 Å². The molecular weight excluding hydrogens is 382 g/mol. The molecule has 1 heterocycles. The Balaban J connectivity index is 1.62. The lowest BCUT2D eigenvalue weighted by molar-refractivity contribution is -0.125. The maximum absolute atomic E-state index is 12.9. The highest BCUT2D eigenvalue weighted by Crippen LogP contribution is 2.25. The molecule has 3 rings (SSSR count). The molecule has 0 saturated carbocycles. The van der Waals surface area contributed by atoms with Gasteiger partial charge >= 0.3 is 0 Å². The maximum atomic E-state index is 12.9. The lowest BCUT2D eigenvalue weighted by atomic mass is 9.83. The van der Waals surface area contributed by atoms with Crippen LogP contribution in [0.3, 0.4) is 0 Å². The quantitative estimate of drug-likeness (QED) is 0.743. The number of halogens is 1. The predicted octanol–water partition coefficient (Wildman–Crippen LogP) is 4.07. The van der Waals surface area contributed by atoms with Gasteiger partial charge in [-0.2, -0.15) is 0 Å². The van der Waals surface area contributed by atoms with Gasteiger partial charge in [0.25, 0.3) is 0 Å². The van der Waals surface area contributed by atoms with Gasteiger partial charge in [-0.15, -0.1) is 0 Å². The number of carbonyl (C=O) groups excluding carboxylic acids is 1. The second-order valence-corrected chi connectivity index (χ2v) is 8.73. The summed E-state index contributed by atoms with van der Waals surface area (Å²) in [6, 6.07) is 15.9. The van der Waals surface area contributed by atoms with E-state index in [9.17, 15) is 4.79 Å². The fraction of sp³-hybridized carbons (Fsp3) is 0.458. The van der Waals surface area contributed by atoms with Crippen LogP contribution in [-0.4, -0.2) is 48.4 Å². The van der Waals surface area contributed by atoms with Crippen LogP contribution in [0.15, 0.2) is 48.5 Å². The van der Waals surface area contributed by atoms with Crippen LogP contribution < -0.4 is 5.32 Å². The van der Waals surface area contributed by atoms with E-state index in [4.69, 9.17) is 11.6 Å². The van der Waals surface area contributed by atoms with Crippen molar-refractivity contribution < 1.29 is 4.79 Å². The van der Waals surface area contributed by atoms with Crippen molar-refractivity contribution in [3.63, 3.8) is 0 Å². The smallest absolute Gasteiger partial charge is 0.230 e. The Morgan fingerprint density at radius 2 is 1.55 bits per heavy atom. The van der Waals surface area contributed by atoms with Gasteiger partial charge in [0.1, 0.15) is 0 Å². The lowest BCUT2D eigenvalue weighted by Crippen LogP contribution is -2.45. The predicted molar refractivity (Wildman–Crippen MR) is 120 cm³/mol. The SMILES string of the molecule is CCN1CCN(Cc2ccccc2CNC(=O)C(C)(C)c2ccc(Cl)cc2)CC1. The van der Waals surface area contributed by atoms with Crippen molar-refractivity contribution in [3.8, 4) is 0 Å². The first-order chi connectivity index (χ1) is 13.9. The first-order valence-corrected chi connectivity index (χ1v) is 10.8. The van der Waals surface area contributed by atoms with Gasteiger partial charge < -0.3 is 10.2 Å². The molecule has 4 nitrogen and oxygen atoms in total. The molecule has 1 fully saturated rings. The van der Waals surface area contributed by atoms with E-state index in [2.05, 4.69) is 40.2 Å². The number of piperazine rings is 1. The van der Waals surface area contributed by atoms with Gasteiger partial charge in [-0.1, -0.05) is 54.9 Å². The summed E-state index contributed by atoms with van der Waals surface area (Å²) >= 11 is 5.99. The van der Waals surface area contributed by atoms with E-state index in [1.54, 1.807) is 0 Å². The molecule has 156 valence electrons. The van der Waals surface area contributed by atoms with Crippen molar-refractivity contribution in [3.05, 3.63) is 70.2 Å². The molecule has 2 aromatic carbocycles. The Kier molecular flexibility index (Phi) is 7.33. The fourth-order valence-electron chi connectivity index (χ4n) is 3.78. The van der Waals surface area contributed by atoms with E-state index in [0.29, 0.717) is 11.6 Å². The van der Waals surface area contributed by atoms with Crippen LogP contribution in [0.5, 0.6) is 0 Å². The van der Waals surface area contributed by atoms with Crippen LogP contribution in [-0.2, 0) is 23.3 Å². The molecule has 0 spiro atoms. The van der Waals surface area contributed by atoms with E-state index in [-0.39, 0.29) is 5.91 Å². The highest BCUT2D eigenvalue weighted by Gasteiger charge is 2.29. The first-order valence-electron chi connectivity index (χ1n) is 10.5. The second-order valence-electron chi connectivity index (χ2n) is 8.29. The number of rotatable bonds is 7. The maximum Gasteiger partial charge on any atom is 0.230 e. The Morgan fingerprint density at radius 1 is 0.966 bits per heavy atom. The van der Waals surface area contributed by atoms with Gasteiger partial charge in [-0.05, 0) is 49.2 Å². The first kappa shape index (κ1) is 21.8. The number of benzene rings is 2. The highest BCUT2D eigenvalue weighted by molar-refractivity contribution is 6.30. The summed E-state index contributed by atoms with van der Waals surface area (Å²) in [5.74, 6) is 0.0196. The molecule has 0 bridgehead atoms. The minimum absolute atomic E-state index is 0.0196. The Labute approximate surface area is 179 Å². The van der Waals surface area contributed by atoms with Crippen molar-refractivity contribution in [2.45, 2.75) is 39.3 Å². The van der Waals surface area contributed by atoms with E-state index in [0.717, 1.165) is 44.8 Å². The Hall–Kier alpha value is -1.88. The molecule has 1 amide bonds. The number of nitrogens with one attached hydrogen (secondary N) is 1. The lowest BCUT2D eigenvalue weighted by Gasteiger charge is -2.34. The summed E-state index contributed by atoms with van der Waals surface area (Å²) in [5, 5.41) is 3.83. The summed E-state index contributed by atoms with van der Waals surface area (Å²) in [5.41, 5.74) is 2.82. The van der Waals surface area contributed by atoms with Crippen molar-refractivity contribution in [1.82, 2.24) is 15.1 Å². The van der Waals surface area contributed by atoms with Crippen LogP contribution in [0.25, 0.3) is 0 Å². The average Bonchev–Trinajstić information content (AvgIpc) is 2.73. The molecule has 0 radical (unpaired) electrons. The van der Waals surface area contributed by atoms with Crippen LogP contribution in [0, 0.1) is 0 Å². The zero-order valence-corrected chi connectivity index (χ0v) is 18.5.